The van der Waals surface area contributed by atoms with Gasteiger partial charge in [0.15, 0.2) is 0 Å². The van der Waals surface area contributed by atoms with E-state index < -0.39 is 6.10 Å². The fraction of sp³-hybridized carbons (Fsp3) is 0.125. The highest BCUT2D eigenvalue weighted by atomic mass is 16.5. The van der Waals surface area contributed by atoms with Gasteiger partial charge in [0.2, 0.25) is 5.88 Å². The van der Waals surface area contributed by atoms with Gasteiger partial charge in [0.1, 0.15) is 6.10 Å². The monoisotopic (exact) mass is 266 g/mol. The Morgan fingerprint density at radius 3 is 2.65 bits per heavy atom. The van der Waals surface area contributed by atoms with Crippen LogP contribution in [0.2, 0.25) is 0 Å². The van der Waals surface area contributed by atoms with Gasteiger partial charge < -0.3 is 9.84 Å². The third-order valence-electron chi connectivity index (χ3n) is 3.28. The van der Waals surface area contributed by atoms with Crippen molar-refractivity contribution < 1.29 is 9.84 Å². The Morgan fingerprint density at radius 2 is 1.90 bits per heavy atom. The summed E-state index contributed by atoms with van der Waals surface area (Å²) < 4.78 is 5.02. The molecule has 0 saturated heterocycles. The van der Waals surface area contributed by atoms with Gasteiger partial charge in [0, 0.05) is 41.2 Å². The minimum Gasteiger partial charge on any atom is -0.481 e. The summed E-state index contributed by atoms with van der Waals surface area (Å²) in [6.45, 7) is 0. The molecule has 0 aliphatic rings. The lowest BCUT2D eigenvalue weighted by atomic mass is 9.99. The molecular formula is C16H14N2O2. The number of pyridine rings is 2. The van der Waals surface area contributed by atoms with E-state index in [0.717, 1.165) is 16.3 Å². The zero-order chi connectivity index (χ0) is 13.9. The smallest absolute Gasteiger partial charge is 0.212 e. The Bertz CT molecular complexity index is 721. The first-order chi connectivity index (χ1) is 9.79. The fourth-order valence-electron chi connectivity index (χ4n) is 2.21. The maximum atomic E-state index is 10.5. The number of aliphatic hydroxyl groups is 1. The molecule has 20 heavy (non-hydrogen) atoms. The van der Waals surface area contributed by atoms with Crippen molar-refractivity contribution in [2.24, 2.45) is 0 Å². The molecule has 3 aromatic rings. The molecule has 0 fully saturated rings. The van der Waals surface area contributed by atoms with Crippen LogP contribution in [-0.2, 0) is 0 Å². The highest BCUT2D eigenvalue weighted by molar-refractivity contribution is 5.85. The minimum atomic E-state index is -0.757. The van der Waals surface area contributed by atoms with Crippen LogP contribution in [0.25, 0.3) is 10.8 Å². The van der Waals surface area contributed by atoms with E-state index >= 15 is 0 Å². The zero-order valence-electron chi connectivity index (χ0n) is 11.0. The van der Waals surface area contributed by atoms with Crippen molar-refractivity contribution in [2.45, 2.75) is 6.10 Å². The molecule has 0 spiro atoms. The van der Waals surface area contributed by atoms with Gasteiger partial charge >= 0.3 is 0 Å². The molecule has 1 atom stereocenters. The van der Waals surface area contributed by atoms with Crippen LogP contribution in [-0.4, -0.2) is 22.2 Å². The second-order valence-corrected chi connectivity index (χ2v) is 4.49. The Morgan fingerprint density at radius 1 is 1.05 bits per heavy atom. The molecule has 4 nitrogen and oxygen atoms in total. The molecular weight excluding hydrogens is 252 g/mol. The summed E-state index contributed by atoms with van der Waals surface area (Å²) in [7, 11) is 1.56. The lowest BCUT2D eigenvalue weighted by Crippen LogP contribution is -2.02. The number of aliphatic hydroxyl groups excluding tert-OH is 1. The second-order valence-electron chi connectivity index (χ2n) is 4.49. The molecule has 3 rings (SSSR count). The topological polar surface area (TPSA) is 55.2 Å². The van der Waals surface area contributed by atoms with Crippen molar-refractivity contribution in [1.82, 2.24) is 9.97 Å². The summed E-state index contributed by atoms with van der Waals surface area (Å²) in [6.07, 6.45) is 4.34. The zero-order valence-corrected chi connectivity index (χ0v) is 11.0. The number of rotatable bonds is 3. The van der Waals surface area contributed by atoms with Gasteiger partial charge in [-0.3, -0.25) is 4.98 Å². The Balaban J connectivity index is 2.05. The van der Waals surface area contributed by atoms with Crippen LogP contribution in [0.3, 0.4) is 0 Å². The highest BCUT2D eigenvalue weighted by Gasteiger charge is 2.14. The summed E-state index contributed by atoms with van der Waals surface area (Å²) in [5, 5.41) is 12.5. The molecule has 1 unspecified atom stereocenters. The van der Waals surface area contributed by atoms with Gasteiger partial charge in [-0.1, -0.05) is 24.3 Å². The third-order valence-corrected chi connectivity index (χ3v) is 3.28. The summed E-state index contributed by atoms with van der Waals surface area (Å²) in [5.41, 5.74) is 1.49. The molecule has 100 valence electrons. The van der Waals surface area contributed by atoms with Gasteiger partial charge in [-0.25, -0.2) is 4.98 Å². The maximum absolute atomic E-state index is 10.5. The van der Waals surface area contributed by atoms with Crippen LogP contribution in [0.1, 0.15) is 17.2 Å². The first-order valence-electron chi connectivity index (χ1n) is 6.30. The summed E-state index contributed by atoms with van der Waals surface area (Å²) in [4.78, 5) is 8.31. The largest absolute Gasteiger partial charge is 0.481 e. The molecule has 0 saturated carbocycles. The summed E-state index contributed by atoms with van der Waals surface area (Å²) in [6, 6.07) is 11.4. The number of benzene rings is 1. The fourth-order valence-corrected chi connectivity index (χ4v) is 2.21. The third kappa shape index (κ3) is 2.21. The lowest BCUT2D eigenvalue weighted by Gasteiger charge is -2.13. The van der Waals surface area contributed by atoms with Crippen LogP contribution in [0, 0.1) is 0 Å². The van der Waals surface area contributed by atoms with E-state index in [1.54, 1.807) is 37.8 Å². The number of fused-ring (bicyclic) bond motifs is 1. The van der Waals surface area contributed by atoms with Gasteiger partial charge in [-0.2, -0.15) is 0 Å². The number of methoxy groups -OCH3 is 1. The molecule has 1 aromatic carbocycles. The van der Waals surface area contributed by atoms with Crippen molar-refractivity contribution in [1.29, 1.82) is 0 Å². The molecule has 1 N–H and O–H groups in total. The minimum absolute atomic E-state index is 0.525. The number of aromatic nitrogens is 2. The standard InChI is InChI=1S/C16H14N2O2/c1-20-15-7-6-12(9-18-15)16(19)14-10-17-8-11-4-2-3-5-13(11)14/h2-10,16,19H,1H3. The number of hydrogen-bond donors (Lipinski definition) is 1. The quantitative estimate of drug-likeness (QED) is 0.792. The highest BCUT2D eigenvalue weighted by Crippen LogP contribution is 2.28. The second kappa shape index (κ2) is 5.27. The lowest BCUT2D eigenvalue weighted by molar-refractivity contribution is 0.221. The van der Waals surface area contributed by atoms with E-state index in [4.69, 9.17) is 4.74 Å². The van der Waals surface area contributed by atoms with Gasteiger partial charge in [0.05, 0.1) is 7.11 Å². The number of nitrogens with zero attached hydrogens (tertiary/aromatic N) is 2. The number of ether oxygens (including phenoxy) is 1. The molecule has 0 aliphatic carbocycles. The Labute approximate surface area is 116 Å². The van der Waals surface area contributed by atoms with Crippen molar-refractivity contribution >= 4 is 10.8 Å². The Kier molecular flexibility index (Phi) is 3.31. The molecule has 2 heterocycles. The van der Waals surface area contributed by atoms with Gasteiger partial charge in [-0.15, -0.1) is 0 Å². The van der Waals surface area contributed by atoms with Crippen molar-refractivity contribution in [3.63, 3.8) is 0 Å². The van der Waals surface area contributed by atoms with Crippen LogP contribution in [0.4, 0.5) is 0 Å². The average molecular weight is 266 g/mol. The number of hydrogen-bond acceptors (Lipinski definition) is 4. The first kappa shape index (κ1) is 12.6. The average Bonchev–Trinajstić information content (AvgIpc) is 2.54. The van der Waals surface area contributed by atoms with Crippen LogP contribution < -0.4 is 4.74 Å². The normalized spacial score (nSPS) is 12.3. The summed E-state index contributed by atoms with van der Waals surface area (Å²) in [5.74, 6) is 0.525. The van der Waals surface area contributed by atoms with Gasteiger partial charge in [0.25, 0.3) is 0 Å². The predicted molar refractivity (Wildman–Crippen MR) is 76.6 cm³/mol. The van der Waals surface area contributed by atoms with E-state index in [9.17, 15) is 5.11 Å². The maximum Gasteiger partial charge on any atom is 0.212 e. The predicted octanol–water partition coefficient (Wildman–Crippen LogP) is 2.72. The van der Waals surface area contributed by atoms with Crippen LogP contribution in [0.15, 0.2) is 55.0 Å². The molecule has 0 amide bonds. The molecule has 0 aliphatic heterocycles. The Hall–Kier alpha value is -2.46. The molecule has 4 heteroatoms. The van der Waals surface area contributed by atoms with Gasteiger partial charge in [-0.05, 0) is 11.5 Å². The molecule has 0 bridgehead atoms. The van der Waals surface area contributed by atoms with Crippen LogP contribution in [0.5, 0.6) is 5.88 Å². The molecule has 2 aromatic heterocycles. The van der Waals surface area contributed by atoms with Crippen LogP contribution >= 0.6 is 0 Å². The van der Waals surface area contributed by atoms with Crippen molar-refractivity contribution in [2.75, 3.05) is 7.11 Å². The SMILES string of the molecule is COc1ccc(C(O)c2cncc3ccccc23)cn1. The van der Waals surface area contributed by atoms with Crippen molar-refractivity contribution in [3.05, 3.63) is 66.1 Å². The summed E-state index contributed by atoms with van der Waals surface area (Å²) >= 11 is 0. The molecule has 0 radical (unpaired) electrons. The van der Waals surface area contributed by atoms with E-state index in [1.165, 1.54) is 0 Å². The van der Waals surface area contributed by atoms with E-state index in [2.05, 4.69) is 9.97 Å². The first-order valence-corrected chi connectivity index (χ1v) is 6.30. The van der Waals surface area contributed by atoms with E-state index in [-0.39, 0.29) is 0 Å². The van der Waals surface area contributed by atoms with Crippen molar-refractivity contribution in [3.8, 4) is 5.88 Å². The van der Waals surface area contributed by atoms with E-state index in [0.29, 0.717) is 11.4 Å². The van der Waals surface area contributed by atoms with E-state index in [1.807, 2.05) is 24.3 Å².